The first kappa shape index (κ1) is 17.5. The van der Waals surface area contributed by atoms with Crippen molar-refractivity contribution in [1.82, 2.24) is 24.4 Å². The molecule has 2 bridgehead atoms. The van der Waals surface area contributed by atoms with Crippen molar-refractivity contribution in [3.05, 3.63) is 77.1 Å². The van der Waals surface area contributed by atoms with Crippen LogP contribution in [0, 0.1) is 12.3 Å². The van der Waals surface area contributed by atoms with E-state index in [1.807, 2.05) is 36.6 Å². The van der Waals surface area contributed by atoms with Crippen molar-refractivity contribution in [2.45, 2.75) is 37.9 Å². The molecule has 34 heavy (non-hydrogen) atoms. The van der Waals surface area contributed by atoms with Gasteiger partial charge in [-0.2, -0.15) is 0 Å². The number of nitrogens with two attached hydrogens (primary N) is 1. The maximum atomic E-state index is 13.5. The lowest BCUT2D eigenvalue weighted by Crippen LogP contribution is -2.31. The summed E-state index contributed by atoms with van der Waals surface area (Å²) in [7, 11) is 0. The number of amides is 1. The molecule has 1 amide bonds. The Balaban J connectivity index is 1.57. The molecule has 0 aliphatic carbocycles. The second kappa shape index (κ2) is 6.99. The van der Waals surface area contributed by atoms with Crippen molar-refractivity contribution in [2.75, 3.05) is 6.98 Å². The third kappa shape index (κ3) is 2.82. The molecule has 0 saturated heterocycles. The highest BCUT2D eigenvalue weighted by atomic mass is 16.2. The number of rotatable bonds is 2. The van der Waals surface area contributed by atoms with E-state index in [9.17, 15) is 4.79 Å². The number of hydrogen-bond donors (Lipinski definition) is 1. The fourth-order valence-corrected chi connectivity index (χ4v) is 5.06. The molecule has 2 aromatic carbocycles. The Hall–Kier alpha value is -4.02. The van der Waals surface area contributed by atoms with Crippen molar-refractivity contribution < 1.29 is 8.91 Å². The standard InChI is InChI=1S/C27H24N6O/c1-5-15-7-6-8-18-23(15)21-12-22(32(4)25(18)34)24-31-19-10-9-16(11-20(19)33(21)24)17-13-29-26(30-14-17)27(2,3)28/h1,6-11,13-14,21-22H,12,28H2,2-4H3/t21-,22-/m1/s1/i4D3. The lowest BCUT2D eigenvalue weighted by Gasteiger charge is -2.24. The van der Waals surface area contributed by atoms with Crippen LogP contribution in [0.15, 0.2) is 48.8 Å². The fraction of sp³-hybridized carbons (Fsp3) is 0.259. The number of fused-ring (bicyclic) bond motifs is 9. The molecular formula is C27H24N6O. The van der Waals surface area contributed by atoms with Crippen molar-refractivity contribution >= 4 is 16.9 Å². The van der Waals surface area contributed by atoms with E-state index in [0.717, 1.165) is 21.5 Å². The average Bonchev–Trinajstić information content (AvgIpc) is 3.35. The maximum absolute atomic E-state index is 13.5. The first-order valence-electron chi connectivity index (χ1n) is 12.6. The number of imidazole rings is 1. The maximum Gasteiger partial charge on any atom is 0.254 e. The van der Waals surface area contributed by atoms with Crippen LogP contribution in [0.2, 0.25) is 0 Å². The van der Waals surface area contributed by atoms with Gasteiger partial charge in [-0.25, -0.2) is 15.0 Å². The van der Waals surface area contributed by atoms with Gasteiger partial charge in [0.15, 0.2) is 0 Å². The Morgan fingerprint density at radius 3 is 2.68 bits per heavy atom. The van der Waals surface area contributed by atoms with Crippen LogP contribution < -0.4 is 5.73 Å². The van der Waals surface area contributed by atoms with Gasteiger partial charge in [0.25, 0.3) is 5.91 Å². The minimum Gasteiger partial charge on any atom is -0.331 e. The highest BCUT2D eigenvalue weighted by Gasteiger charge is 2.44. The lowest BCUT2D eigenvalue weighted by atomic mass is 9.93. The highest BCUT2D eigenvalue weighted by molar-refractivity contribution is 5.98. The summed E-state index contributed by atoms with van der Waals surface area (Å²) in [6, 6.07) is 9.89. The van der Waals surface area contributed by atoms with E-state index in [2.05, 4.69) is 15.9 Å². The molecule has 7 nitrogen and oxygen atoms in total. The first-order valence-corrected chi connectivity index (χ1v) is 11.1. The number of hydrogen-bond acceptors (Lipinski definition) is 5. The van der Waals surface area contributed by atoms with Crippen LogP contribution >= 0.6 is 0 Å². The summed E-state index contributed by atoms with van der Waals surface area (Å²) < 4.78 is 26.5. The van der Waals surface area contributed by atoms with Gasteiger partial charge in [0, 0.05) is 52.2 Å². The summed E-state index contributed by atoms with van der Waals surface area (Å²) >= 11 is 0. The average molecular weight is 452 g/mol. The number of carbonyl (C=O) groups is 1. The number of carbonyl (C=O) groups excluding carboxylic acids is 1. The topological polar surface area (TPSA) is 89.9 Å². The molecule has 0 saturated carbocycles. The molecule has 4 aromatic rings. The van der Waals surface area contributed by atoms with Gasteiger partial charge in [-0.15, -0.1) is 6.42 Å². The molecule has 6 rings (SSSR count). The van der Waals surface area contributed by atoms with Crippen LogP contribution in [-0.4, -0.2) is 37.3 Å². The Bertz CT molecular complexity index is 1630. The quantitative estimate of drug-likeness (QED) is 0.469. The number of benzene rings is 2. The molecule has 4 heterocycles. The second-order valence-electron chi connectivity index (χ2n) is 9.41. The van der Waals surface area contributed by atoms with Gasteiger partial charge in [-0.1, -0.05) is 18.1 Å². The van der Waals surface area contributed by atoms with E-state index in [-0.39, 0.29) is 6.04 Å². The summed E-state index contributed by atoms with van der Waals surface area (Å²) in [4.78, 5) is 28.2. The van der Waals surface area contributed by atoms with Gasteiger partial charge >= 0.3 is 0 Å². The lowest BCUT2D eigenvalue weighted by molar-refractivity contribution is 0.0734. The molecule has 2 N–H and O–H groups in total. The molecule has 0 spiro atoms. The molecule has 7 heteroatoms. The highest BCUT2D eigenvalue weighted by Crippen LogP contribution is 2.48. The van der Waals surface area contributed by atoms with E-state index in [1.54, 1.807) is 30.6 Å². The Kier molecular flexibility index (Phi) is 3.59. The predicted octanol–water partition coefficient (Wildman–Crippen LogP) is 3.79. The van der Waals surface area contributed by atoms with Gasteiger partial charge in [-0.05, 0) is 43.7 Å². The Morgan fingerprint density at radius 2 is 1.97 bits per heavy atom. The second-order valence-corrected chi connectivity index (χ2v) is 9.41. The normalized spacial score (nSPS) is 20.7. The molecular weight excluding hydrogens is 424 g/mol. The van der Waals surface area contributed by atoms with E-state index in [1.165, 1.54) is 0 Å². The van der Waals surface area contributed by atoms with Crippen molar-refractivity contribution in [3.8, 4) is 23.5 Å². The van der Waals surface area contributed by atoms with E-state index >= 15 is 0 Å². The van der Waals surface area contributed by atoms with Crippen LogP contribution in [0.1, 0.15) is 69.6 Å². The molecule has 2 aliphatic rings. The smallest absolute Gasteiger partial charge is 0.254 e. The van der Waals surface area contributed by atoms with Crippen LogP contribution in [0.25, 0.3) is 22.2 Å². The first-order chi connectivity index (χ1) is 17.5. The van der Waals surface area contributed by atoms with Crippen LogP contribution in [0.4, 0.5) is 0 Å². The summed E-state index contributed by atoms with van der Waals surface area (Å²) in [5.74, 6) is 3.22. The summed E-state index contributed by atoms with van der Waals surface area (Å²) in [5, 5.41) is 0. The van der Waals surface area contributed by atoms with E-state index in [0.29, 0.717) is 40.3 Å². The van der Waals surface area contributed by atoms with Gasteiger partial charge in [0.05, 0.1) is 28.7 Å². The van der Waals surface area contributed by atoms with Gasteiger partial charge < -0.3 is 15.2 Å². The molecule has 2 atom stereocenters. The summed E-state index contributed by atoms with van der Waals surface area (Å²) in [5.41, 5.74) is 10.2. The third-order valence-corrected chi connectivity index (χ3v) is 6.69. The van der Waals surface area contributed by atoms with Crippen LogP contribution in [0.3, 0.4) is 0 Å². The summed E-state index contributed by atoms with van der Waals surface area (Å²) in [6.45, 7) is 1.05. The minimum absolute atomic E-state index is 0.316. The molecule has 0 radical (unpaired) electrons. The zero-order valence-corrected chi connectivity index (χ0v) is 18.8. The molecule has 2 aliphatic heterocycles. The minimum atomic E-state index is -2.64. The van der Waals surface area contributed by atoms with Crippen LogP contribution in [0.5, 0.6) is 0 Å². The molecule has 0 fully saturated rings. The SMILES string of the molecule is [2H]C([2H])([2H])N1C(=O)c2cccc(C#C)c2[C@H]2C[C@@H]1c1nc3ccc(-c4cnc(C(C)(C)N)nc4)cc3n12. The van der Waals surface area contributed by atoms with Gasteiger partial charge in [0.2, 0.25) is 0 Å². The van der Waals surface area contributed by atoms with Crippen molar-refractivity contribution in [2.24, 2.45) is 5.73 Å². The number of terminal acetylenes is 1. The van der Waals surface area contributed by atoms with Crippen molar-refractivity contribution in [1.29, 1.82) is 0 Å². The monoisotopic (exact) mass is 451 g/mol. The van der Waals surface area contributed by atoms with Gasteiger partial charge in [0.1, 0.15) is 11.6 Å². The van der Waals surface area contributed by atoms with Gasteiger partial charge in [-0.3, -0.25) is 4.79 Å². The van der Waals surface area contributed by atoms with Crippen LogP contribution in [-0.2, 0) is 5.54 Å². The Morgan fingerprint density at radius 1 is 1.18 bits per heavy atom. The number of nitrogens with zero attached hydrogens (tertiary/aromatic N) is 5. The molecule has 2 aromatic heterocycles. The summed E-state index contributed by atoms with van der Waals surface area (Å²) in [6.07, 6.45) is 9.69. The molecule has 0 unspecified atom stereocenters. The van der Waals surface area contributed by atoms with E-state index in [4.69, 9.17) is 21.3 Å². The number of aromatic nitrogens is 4. The van der Waals surface area contributed by atoms with E-state index < -0.39 is 24.5 Å². The Labute approximate surface area is 201 Å². The molecule has 168 valence electrons. The zero-order valence-electron chi connectivity index (χ0n) is 21.8. The largest absolute Gasteiger partial charge is 0.331 e. The fourth-order valence-electron chi connectivity index (χ4n) is 5.06. The third-order valence-electron chi connectivity index (χ3n) is 6.69. The predicted molar refractivity (Wildman–Crippen MR) is 130 cm³/mol. The zero-order chi connectivity index (χ0) is 26.3. The van der Waals surface area contributed by atoms with Crippen molar-refractivity contribution in [3.63, 3.8) is 0 Å².